The summed E-state index contributed by atoms with van der Waals surface area (Å²) in [6, 6.07) is 14.3. The third-order valence-electron chi connectivity index (χ3n) is 4.86. The van der Waals surface area contributed by atoms with Gasteiger partial charge in [-0.1, -0.05) is 43.0 Å². The second-order valence-corrected chi connectivity index (χ2v) is 9.19. The fraction of sp³-hybridized carbons (Fsp3) is 0.192. The molecule has 3 rings (SSSR count). The van der Waals surface area contributed by atoms with E-state index in [9.17, 15) is 13.2 Å². The van der Waals surface area contributed by atoms with E-state index in [0.29, 0.717) is 22.2 Å². The molecule has 0 saturated heterocycles. The van der Waals surface area contributed by atoms with Gasteiger partial charge in [0.1, 0.15) is 5.76 Å². The summed E-state index contributed by atoms with van der Waals surface area (Å²) in [7, 11) is 1.70. The van der Waals surface area contributed by atoms with Crippen molar-refractivity contribution in [1.29, 1.82) is 0 Å². The van der Waals surface area contributed by atoms with E-state index in [1.54, 1.807) is 54.5 Å². The van der Waals surface area contributed by atoms with Gasteiger partial charge in [0.2, 0.25) is 0 Å². The van der Waals surface area contributed by atoms with E-state index in [4.69, 9.17) is 16.0 Å². The lowest BCUT2D eigenvalue weighted by atomic mass is 10.2. The van der Waals surface area contributed by atoms with Crippen LogP contribution in [0.4, 0.5) is 18.9 Å². The highest BCUT2D eigenvalue weighted by Gasteiger charge is 2.31. The number of hydrazone groups is 1. The summed E-state index contributed by atoms with van der Waals surface area (Å²) in [5.41, 5.74) is 1.85. The molecule has 0 fully saturated rings. The van der Waals surface area contributed by atoms with Gasteiger partial charge in [-0.05, 0) is 54.1 Å². The Balaban J connectivity index is 1.92. The van der Waals surface area contributed by atoms with Gasteiger partial charge in [-0.3, -0.25) is 9.91 Å². The fourth-order valence-corrected chi connectivity index (χ4v) is 4.38. The standard InChI is InChI=1S/C26H25ClF3N3OS/c1-4-19(2)25-14-13-22(35-25)12-11-20(31-32(3)24-10-6-5-9-23(24)27)16-33(18-26(28,29)30)17-21-8-7-15-34-21/h4-15H,1-2,16-18H2,3H3/b12-11+,31-20+. The molecule has 0 aliphatic rings. The van der Waals surface area contributed by atoms with Gasteiger partial charge in [-0.15, -0.1) is 11.3 Å². The lowest BCUT2D eigenvalue weighted by Gasteiger charge is -2.24. The maximum Gasteiger partial charge on any atom is 0.401 e. The summed E-state index contributed by atoms with van der Waals surface area (Å²) in [5, 5.41) is 6.63. The van der Waals surface area contributed by atoms with Crippen LogP contribution in [-0.4, -0.2) is 36.9 Å². The number of halogens is 4. The van der Waals surface area contributed by atoms with Gasteiger partial charge in [0, 0.05) is 23.3 Å². The summed E-state index contributed by atoms with van der Waals surface area (Å²) < 4.78 is 45.3. The molecule has 4 nitrogen and oxygen atoms in total. The van der Waals surface area contributed by atoms with Gasteiger partial charge < -0.3 is 4.42 Å². The van der Waals surface area contributed by atoms with Crippen molar-refractivity contribution in [3.63, 3.8) is 0 Å². The summed E-state index contributed by atoms with van der Waals surface area (Å²) in [6.07, 6.45) is 2.26. The molecule has 2 aromatic heterocycles. The van der Waals surface area contributed by atoms with Gasteiger partial charge in [0.15, 0.2) is 0 Å². The predicted octanol–water partition coefficient (Wildman–Crippen LogP) is 7.76. The Morgan fingerprint density at radius 2 is 1.94 bits per heavy atom. The zero-order valence-corrected chi connectivity index (χ0v) is 20.7. The molecule has 0 aliphatic carbocycles. The highest BCUT2D eigenvalue weighted by atomic mass is 35.5. The molecule has 1 aromatic carbocycles. The number of anilines is 1. The number of thiophene rings is 1. The lowest BCUT2D eigenvalue weighted by Crippen LogP contribution is -2.37. The Morgan fingerprint density at radius 1 is 1.17 bits per heavy atom. The quantitative estimate of drug-likeness (QED) is 0.147. The zero-order valence-electron chi connectivity index (χ0n) is 19.1. The predicted molar refractivity (Wildman–Crippen MR) is 140 cm³/mol. The number of alkyl halides is 3. The molecule has 184 valence electrons. The Morgan fingerprint density at radius 3 is 2.60 bits per heavy atom. The summed E-state index contributed by atoms with van der Waals surface area (Å²) in [6.45, 7) is 6.48. The van der Waals surface area contributed by atoms with Gasteiger partial charge >= 0.3 is 6.18 Å². The van der Waals surface area contributed by atoms with E-state index in [2.05, 4.69) is 18.3 Å². The molecule has 0 atom stereocenters. The van der Waals surface area contributed by atoms with Crippen molar-refractivity contribution < 1.29 is 17.6 Å². The molecule has 0 aliphatic heterocycles. The van der Waals surface area contributed by atoms with Crippen LogP contribution in [0.1, 0.15) is 15.5 Å². The highest BCUT2D eigenvalue weighted by molar-refractivity contribution is 7.14. The van der Waals surface area contributed by atoms with Crippen LogP contribution in [-0.2, 0) is 6.54 Å². The number of nitrogens with zero attached hydrogens (tertiary/aromatic N) is 3. The number of allylic oxidation sites excluding steroid dienone is 2. The van der Waals surface area contributed by atoms with Crippen molar-refractivity contribution in [2.45, 2.75) is 12.7 Å². The van der Waals surface area contributed by atoms with Crippen LogP contribution in [0.2, 0.25) is 5.02 Å². The first-order valence-corrected chi connectivity index (χ1v) is 11.8. The van der Waals surface area contributed by atoms with Crippen LogP contribution in [0.5, 0.6) is 0 Å². The lowest BCUT2D eigenvalue weighted by molar-refractivity contribution is -0.145. The van der Waals surface area contributed by atoms with E-state index < -0.39 is 12.7 Å². The first kappa shape index (κ1) is 26.5. The van der Waals surface area contributed by atoms with Crippen molar-refractivity contribution in [3.8, 4) is 0 Å². The first-order valence-electron chi connectivity index (χ1n) is 10.6. The third kappa shape index (κ3) is 8.28. The van der Waals surface area contributed by atoms with Crippen molar-refractivity contribution in [2.24, 2.45) is 5.10 Å². The Labute approximate surface area is 211 Å². The monoisotopic (exact) mass is 519 g/mol. The first-order chi connectivity index (χ1) is 16.6. The second kappa shape index (κ2) is 12.1. The van der Waals surface area contributed by atoms with Gasteiger partial charge in [-0.25, -0.2) is 0 Å². The number of hydrogen-bond acceptors (Lipinski definition) is 5. The molecular formula is C26H25ClF3N3OS. The van der Waals surface area contributed by atoms with Crippen molar-refractivity contribution >= 4 is 46.0 Å². The molecule has 0 radical (unpaired) electrons. The SMILES string of the molecule is C=CC(=C)c1ccc(/C=C/C(CN(Cc2ccco2)CC(F)(F)F)=N\N(C)c2ccccc2Cl)s1. The van der Waals surface area contributed by atoms with Gasteiger partial charge in [0.25, 0.3) is 0 Å². The molecule has 9 heteroatoms. The number of benzene rings is 1. The molecule has 0 spiro atoms. The molecule has 35 heavy (non-hydrogen) atoms. The average molecular weight is 520 g/mol. The molecule has 0 amide bonds. The maximum atomic E-state index is 13.4. The smallest absolute Gasteiger partial charge is 0.401 e. The molecule has 2 heterocycles. The van der Waals surface area contributed by atoms with Crippen molar-refractivity contribution in [3.05, 3.63) is 101 Å². The number of para-hydroxylation sites is 1. The fourth-order valence-electron chi connectivity index (χ4n) is 3.25. The van der Waals surface area contributed by atoms with E-state index in [1.807, 2.05) is 24.3 Å². The normalized spacial score (nSPS) is 12.5. The Bertz CT molecular complexity index is 1200. The Hall–Kier alpha value is -3.07. The van der Waals surface area contributed by atoms with Crippen LogP contribution in [0, 0.1) is 0 Å². The topological polar surface area (TPSA) is 32.0 Å². The summed E-state index contributed by atoms with van der Waals surface area (Å²) >= 11 is 7.80. The van der Waals surface area contributed by atoms with E-state index in [0.717, 1.165) is 15.3 Å². The third-order valence-corrected chi connectivity index (χ3v) is 6.30. The Kier molecular flexibility index (Phi) is 9.14. The minimum Gasteiger partial charge on any atom is -0.468 e. The van der Waals surface area contributed by atoms with Crippen LogP contribution >= 0.6 is 22.9 Å². The molecule has 0 saturated carbocycles. The summed E-state index contributed by atoms with van der Waals surface area (Å²) in [4.78, 5) is 3.11. The maximum absolute atomic E-state index is 13.4. The largest absolute Gasteiger partial charge is 0.468 e. The number of hydrogen-bond donors (Lipinski definition) is 0. The van der Waals surface area contributed by atoms with E-state index >= 15 is 0 Å². The van der Waals surface area contributed by atoms with Crippen molar-refractivity contribution in [2.75, 3.05) is 25.1 Å². The molecule has 3 aromatic rings. The molecule has 0 bridgehead atoms. The van der Waals surface area contributed by atoms with Gasteiger partial charge in [0.05, 0.1) is 35.8 Å². The minimum absolute atomic E-state index is 0.0164. The van der Waals surface area contributed by atoms with E-state index in [1.165, 1.54) is 22.5 Å². The van der Waals surface area contributed by atoms with Crippen LogP contribution in [0.3, 0.4) is 0 Å². The summed E-state index contributed by atoms with van der Waals surface area (Å²) in [5.74, 6) is 0.433. The average Bonchev–Trinajstić information content (AvgIpc) is 3.48. The minimum atomic E-state index is -4.39. The molecular weight excluding hydrogens is 495 g/mol. The molecule has 0 unspecified atom stereocenters. The van der Waals surface area contributed by atoms with Gasteiger partial charge in [-0.2, -0.15) is 18.3 Å². The van der Waals surface area contributed by atoms with Crippen molar-refractivity contribution in [1.82, 2.24) is 4.90 Å². The highest BCUT2D eigenvalue weighted by Crippen LogP contribution is 2.26. The van der Waals surface area contributed by atoms with Crippen LogP contribution in [0.25, 0.3) is 11.6 Å². The number of furan rings is 1. The van der Waals surface area contributed by atoms with E-state index in [-0.39, 0.29) is 13.1 Å². The molecule has 0 N–H and O–H groups in total. The van der Waals surface area contributed by atoms with Crippen LogP contribution < -0.4 is 5.01 Å². The number of rotatable bonds is 11. The van der Waals surface area contributed by atoms with Crippen LogP contribution in [0.15, 0.2) is 89.6 Å². The zero-order chi connectivity index (χ0) is 25.4. The second-order valence-electron chi connectivity index (χ2n) is 7.67.